The number of carboxylic acids is 1. The van der Waals surface area contributed by atoms with Crippen LogP contribution in [0.5, 0.6) is 5.75 Å². The van der Waals surface area contributed by atoms with Crippen LogP contribution in [-0.2, 0) is 9.59 Å². The van der Waals surface area contributed by atoms with E-state index >= 15 is 0 Å². The molecule has 0 fully saturated rings. The Kier molecular flexibility index (Phi) is 4.51. The van der Waals surface area contributed by atoms with Gasteiger partial charge in [-0.25, -0.2) is 4.79 Å². The summed E-state index contributed by atoms with van der Waals surface area (Å²) in [6.45, 7) is 2.97. The van der Waals surface area contributed by atoms with E-state index in [1.807, 2.05) is 6.92 Å². The van der Waals surface area contributed by atoms with Crippen molar-refractivity contribution in [1.82, 2.24) is 5.32 Å². The normalized spacial score (nSPS) is 11.6. The minimum Gasteiger partial charge on any atom is -0.482 e. The summed E-state index contributed by atoms with van der Waals surface area (Å²) < 4.78 is 5.00. The predicted octanol–water partition coefficient (Wildman–Crippen LogP) is 1.35. The van der Waals surface area contributed by atoms with E-state index in [4.69, 9.17) is 9.84 Å². The van der Waals surface area contributed by atoms with Crippen LogP contribution in [0.3, 0.4) is 0 Å². The lowest BCUT2D eigenvalue weighted by Gasteiger charge is -2.13. The number of benzene rings is 1. The number of hydrogen-bond acceptors (Lipinski definition) is 3. The summed E-state index contributed by atoms with van der Waals surface area (Å²) in [6.07, 6.45) is 0. The molecule has 1 unspecified atom stereocenters. The highest BCUT2D eigenvalue weighted by Crippen LogP contribution is 2.17. The number of carboxylic acid groups (broad SMARTS) is 1. The molecular weight excluding hydrogens is 222 g/mol. The predicted molar refractivity (Wildman–Crippen MR) is 61.8 cm³/mol. The SMILES string of the molecule is CC(=O)NC(C)c1ccc(OCC(=O)O)cc1. The second-order valence-electron chi connectivity index (χ2n) is 3.67. The zero-order valence-corrected chi connectivity index (χ0v) is 9.77. The van der Waals surface area contributed by atoms with E-state index in [1.54, 1.807) is 24.3 Å². The third-order valence-electron chi connectivity index (χ3n) is 2.16. The van der Waals surface area contributed by atoms with Crippen LogP contribution >= 0.6 is 0 Å². The molecule has 1 rings (SSSR count). The summed E-state index contributed by atoms with van der Waals surface area (Å²) in [5, 5.41) is 11.2. The Labute approximate surface area is 99.4 Å². The molecule has 1 aromatic carbocycles. The first-order chi connectivity index (χ1) is 7.99. The topological polar surface area (TPSA) is 75.6 Å². The number of ether oxygens (including phenoxy) is 1. The fraction of sp³-hybridized carbons (Fsp3) is 0.333. The van der Waals surface area contributed by atoms with Crippen LogP contribution in [0.4, 0.5) is 0 Å². The van der Waals surface area contributed by atoms with Crippen molar-refractivity contribution < 1.29 is 19.4 Å². The quantitative estimate of drug-likeness (QED) is 0.810. The third-order valence-corrected chi connectivity index (χ3v) is 2.16. The van der Waals surface area contributed by atoms with Crippen LogP contribution < -0.4 is 10.1 Å². The Balaban J connectivity index is 2.60. The van der Waals surface area contributed by atoms with Crippen molar-refractivity contribution >= 4 is 11.9 Å². The van der Waals surface area contributed by atoms with Crippen LogP contribution in [-0.4, -0.2) is 23.6 Å². The highest BCUT2D eigenvalue weighted by molar-refractivity contribution is 5.73. The first-order valence-electron chi connectivity index (χ1n) is 5.20. The summed E-state index contributed by atoms with van der Waals surface area (Å²) in [7, 11) is 0. The molecule has 1 atom stereocenters. The number of aliphatic carboxylic acids is 1. The number of carbonyl (C=O) groups is 2. The molecule has 5 heteroatoms. The number of nitrogens with one attached hydrogen (secondary N) is 1. The van der Waals surface area contributed by atoms with Gasteiger partial charge in [-0.1, -0.05) is 12.1 Å². The fourth-order valence-electron chi connectivity index (χ4n) is 1.39. The van der Waals surface area contributed by atoms with Crippen molar-refractivity contribution in [2.45, 2.75) is 19.9 Å². The van der Waals surface area contributed by atoms with Gasteiger partial charge in [0.15, 0.2) is 6.61 Å². The van der Waals surface area contributed by atoms with Crippen molar-refractivity contribution in [2.75, 3.05) is 6.61 Å². The van der Waals surface area contributed by atoms with Crippen molar-refractivity contribution in [1.29, 1.82) is 0 Å². The molecule has 0 aliphatic rings. The summed E-state index contributed by atoms with van der Waals surface area (Å²) in [4.78, 5) is 21.2. The molecule has 5 nitrogen and oxygen atoms in total. The van der Waals surface area contributed by atoms with Crippen LogP contribution in [0, 0.1) is 0 Å². The van der Waals surface area contributed by atoms with E-state index in [9.17, 15) is 9.59 Å². The van der Waals surface area contributed by atoms with Gasteiger partial charge in [0, 0.05) is 6.92 Å². The molecule has 0 saturated carbocycles. The van der Waals surface area contributed by atoms with Gasteiger partial charge in [-0.15, -0.1) is 0 Å². The van der Waals surface area contributed by atoms with Crippen molar-refractivity contribution in [3.05, 3.63) is 29.8 Å². The molecule has 0 aromatic heterocycles. The lowest BCUT2D eigenvalue weighted by molar-refractivity contribution is -0.139. The van der Waals surface area contributed by atoms with Crippen molar-refractivity contribution in [3.8, 4) is 5.75 Å². The van der Waals surface area contributed by atoms with Crippen molar-refractivity contribution in [3.63, 3.8) is 0 Å². The number of amides is 1. The number of carbonyl (C=O) groups excluding carboxylic acids is 1. The lowest BCUT2D eigenvalue weighted by atomic mass is 10.1. The van der Waals surface area contributed by atoms with Gasteiger partial charge in [-0.05, 0) is 24.6 Å². The summed E-state index contributed by atoms with van der Waals surface area (Å²) in [6, 6.07) is 6.85. The highest BCUT2D eigenvalue weighted by atomic mass is 16.5. The Morgan fingerprint density at radius 3 is 2.41 bits per heavy atom. The zero-order valence-electron chi connectivity index (χ0n) is 9.77. The maximum absolute atomic E-state index is 10.9. The van der Waals surface area contributed by atoms with Crippen molar-refractivity contribution in [2.24, 2.45) is 0 Å². The fourth-order valence-corrected chi connectivity index (χ4v) is 1.39. The van der Waals surface area contributed by atoms with E-state index in [1.165, 1.54) is 6.92 Å². The molecule has 0 heterocycles. The first-order valence-corrected chi connectivity index (χ1v) is 5.20. The van der Waals surface area contributed by atoms with Gasteiger partial charge in [-0.3, -0.25) is 4.79 Å². The molecule has 0 spiro atoms. The average Bonchev–Trinajstić information content (AvgIpc) is 2.26. The molecule has 0 saturated heterocycles. The van der Waals surface area contributed by atoms with E-state index in [2.05, 4.69) is 5.32 Å². The van der Waals surface area contributed by atoms with Gasteiger partial charge >= 0.3 is 5.97 Å². The second kappa shape index (κ2) is 5.89. The molecule has 1 aromatic rings. The van der Waals surface area contributed by atoms with E-state index in [-0.39, 0.29) is 18.6 Å². The Bertz CT molecular complexity index is 399. The smallest absolute Gasteiger partial charge is 0.341 e. The van der Waals surface area contributed by atoms with E-state index < -0.39 is 5.97 Å². The van der Waals surface area contributed by atoms with Gasteiger partial charge in [0.25, 0.3) is 0 Å². The molecule has 0 bridgehead atoms. The zero-order chi connectivity index (χ0) is 12.8. The molecule has 0 aliphatic heterocycles. The third kappa shape index (κ3) is 4.55. The molecule has 17 heavy (non-hydrogen) atoms. The number of rotatable bonds is 5. The lowest BCUT2D eigenvalue weighted by Crippen LogP contribution is -2.23. The molecule has 2 N–H and O–H groups in total. The Hall–Kier alpha value is -2.04. The highest BCUT2D eigenvalue weighted by Gasteiger charge is 2.06. The minimum absolute atomic E-state index is 0.0824. The van der Waals surface area contributed by atoms with Gasteiger partial charge in [-0.2, -0.15) is 0 Å². The maximum atomic E-state index is 10.9. The summed E-state index contributed by atoms with van der Waals surface area (Å²) in [5.74, 6) is -0.615. The van der Waals surface area contributed by atoms with Gasteiger partial charge in [0.1, 0.15) is 5.75 Å². The van der Waals surface area contributed by atoms with Gasteiger partial charge in [0.2, 0.25) is 5.91 Å². The second-order valence-corrected chi connectivity index (χ2v) is 3.67. The van der Waals surface area contributed by atoms with Crippen LogP contribution in [0.15, 0.2) is 24.3 Å². The maximum Gasteiger partial charge on any atom is 0.341 e. The Morgan fingerprint density at radius 2 is 1.94 bits per heavy atom. The Morgan fingerprint density at radius 1 is 1.35 bits per heavy atom. The summed E-state index contributed by atoms with van der Waals surface area (Å²) in [5.41, 5.74) is 0.933. The molecular formula is C12H15NO4. The van der Waals surface area contributed by atoms with Crippen LogP contribution in [0.1, 0.15) is 25.5 Å². The summed E-state index contributed by atoms with van der Waals surface area (Å²) >= 11 is 0. The van der Waals surface area contributed by atoms with Crippen LogP contribution in [0.25, 0.3) is 0 Å². The number of hydrogen-bond donors (Lipinski definition) is 2. The van der Waals surface area contributed by atoms with Gasteiger partial charge in [0.05, 0.1) is 6.04 Å². The van der Waals surface area contributed by atoms with Gasteiger partial charge < -0.3 is 15.2 Å². The monoisotopic (exact) mass is 237 g/mol. The molecule has 0 aliphatic carbocycles. The molecule has 92 valence electrons. The molecule has 0 radical (unpaired) electrons. The minimum atomic E-state index is -1.01. The van der Waals surface area contributed by atoms with Crippen LogP contribution in [0.2, 0.25) is 0 Å². The van der Waals surface area contributed by atoms with E-state index in [0.717, 1.165) is 5.56 Å². The average molecular weight is 237 g/mol. The largest absolute Gasteiger partial charge is 0.482 e. The standard InChI is InChI=1S/C12H15NO4/c1-8(13-9(2)14)10-3-5-11(6-4-10)17-7-12(15)16/h3-6,8H,7H2,1-2H3,(H,13,14)(H,15,16). The van der Waals surface area contributed by atoms with E-state index in [0.29, 0.717) is 5.75 Å². The first kappa shape index (κ1) is 13.0. The molecule has 1 amide bonds.